The molecule has 0 saturated carbocycles. The molecule has 0 aliphatic carbocycles. The smallest absolute Gasteiger partial charge is 0.339 e. The van der Waals surface area contributed by atoms with Crippen molar-refractivity contribution in [3.05, 3.63) is 53.2 Å². The Bertz CT molecular complexity index is 934. The Kier molecular flexibility index (Phi) is 6.45. The van der Waals surface area contributed by atoms with E-state index in [1.165, 1.54) is 6.92 Å². The summed E-state index contributed by atoms with van der Waals surface area (Å²) in [7, 11) is 0. The summed E-state index contributed by atoms with van der Waals surface area (Å²) in [5, 5.41) is 9.47. The molecule has 1 aromatic heterocycles. The van der Waals surface area contributed by atoms with Crippen molar-refractivity contribution in [3.8, 4) is 6.07 Å². The van der Waals surface area contributed by atoms with Crippen molar-refractivity contribution in [2.45, 2.75) is 20.3 Å². The van der Waals surface area contributed by atoms with E-state index in [1.807, 2.05) is 12.1 Å². The van der Waals surface area contributed by atoms with E-state index in [2.05, 4.69) is 20.9 Å². The van der Waals surface area contributed by atoms with Crippen LogP contribution < -0.4 is 9.80 Å². The monoisotopic (exact) mass is 392 g/mol. The second kappa shape index (κ2) is 9.20. The Morgan fingerprint density at radius 1 is 1.10 bits per heavy atom. The lowest BCUT2D eigenvalue weighted by Gasteiger charge is -2.25. The van der Waals surface area contributed by atoms with E-state index in [4.69, 9.17) is 4.74 Å². The number of aromatic nitrogens is 1. The second-order valence-electron chi connectivity index (χ2n) is 6.85. The summed E-state index contributed by atoms with van der Waals surface area (Å²) in [6, 6.07) is 11.0. The Hall–Kier alpha value is -3.40. The van der Waals surface area contributed by atoms with E-state index < -0.39 is 0 Å². The number of ketones is 1. The molecule has 2 heterocycles. The van der Waals surface area contributed by atoms with E-state index in [1.54, 1.807) is 31.3 Å². The third-order valence-electron chi connectivity index (χ3n) is 4.94. The Morgan fingerprint density at radius 2 is 1.83 bits per heavy atom. The first kappa shape index (κ1) is 20.3. The Labute approximate surface area is 170 Å². The molecule has 2 aromatic rings. The normalized spacial score (nSPS) is 14.1. The maximum atomic E-state index is 11.8. The highest BCUT2D eigenvalue weighted by molar-refractivity contribution is 5.95. The van der Waals surface area contributed by atoms with Gasteiger partial charge in [0.15, 0.2) is 5.78 Å². The topological polar surface area (TPSA) is 86.5 Å². The van der Waals surface area contributed by atoms with Crippen LogP contribution in [0.15, 0.2) is 36.5 Å². The van der Waals surface area contributed by atoms with Gasteiger partial charge in [-0.1, -0.05) is 0 Å². The molecule has 7 nitrogen and oxygen atoms in total. The zero-order valence-electron chi connectivity index (χ0n) is 16.7. The number of hydrogen-bond acceptors (Lipinski definition) is 7. The van der Waals surface area contributed by atoms with Gasteiger partial charge in [0.1, 0.15) is 11.9 Å². The van der Waals surface area contributed by atoms with Crippen LogP contribution in [0, 0.1) is 11.3 Å². The van der Waals surface area contributed by atoms with E-state index in [9.17, 15) is 14.9 Å². The number of hydrogen-bond donors (Lipinski definition) is 0. The molecule has 0 unspecified atom stereocenters. The van der Waals surface area contributed by atoms with Crippen LogP contribution in [0.25, 0.3) is 0 Å². The van der Waals surface area contributed by atoms with Crippen molar-refractivity contribution in [2.24, 2.45) is 0 Å². The summed E-state index contributed by atoms with van der Waals surface area (Å²) in [5.41, 5.74) is 2.41. The molecule has 1 aliphatic rings. The molecular formula is C22H24N4O3. The van der Waals surface area contributed by atoms with Gasteiger partial charge in [0.05, 0.1) is 23.4 Å². The summed E-state index contributed by atoms with van der Waals surface area (Å²) in [4.78, 5) is 32.3. The van der Waals surface area contributed by atoms with Crippen LogP contribution in [-0.2, 0) is 4.74 Å². The first-order valence-electron chi connectivity index (χ1n) is 9.71. The third kappa shape index (κ3) is 4.72. The number of anilines is 2. The predicted octanol–water partition coefficient (Wildman–Crippen LogP) is 3.05. The molecule has 1 fully saturated rings. The number of pyridine rings is 1. The minimum atomic E-state index is -0.372. The van der Waals surface area contributed by atoms with Crippen LogP contribution in [0.3, 0.4) is 0 Å². The summed E-state index contributed by atoms with van der Waals surface area (Å²) in [5.74, 6) is 0.416. The number of carbonyl (C=O) groups excluding carboxylic acids is 2. The molecule has 1 aliphatic heterocycles. The lowest BCUT2D eigenvalue weighted by atomic mass is 10.1. The quantitative estimate of drug-likeness (QED) is 0.571. The highest BCUT2D eigenvalue weighted by atomic mass is 16.5. The molecule has 0 bridgehead atoms. The van der Waals surface area contributed by atoms with Gasteiger partial charge in [-0.3, -0.25) is 4.79 Å². The second-order valence-corrected chi connectivity index (χ2v) is 6.85. The molecular weight excluding hydrogens is 368 g/mol. The van der Waals surface area contributed by atoms with Gasteiger partial charge in [-0.15, -0.1) is 0 Å². The fourth-order valence-corrected chi connectivity index (χ4v) is 3.40. The van der Waals surface area contributed by atoms with Gasteiger partial charge in [0.2, 0.25) is 0 Å². The van der Waals surface area contributed by atoms with Gasteiger partial charge in [-0.05, 0) is 50.6 Å². The van der Waals surface area contributed by atoms with Crippen molar-refractivity contribution in [3.63, 3.8) is 0 Å². The maximum Gasteiger partial charge on any atom is 0.339 e. The SMILES string of the molecule is CCOC(=O)c1ccc(N2CCCN(c3cc(C(C)=O)ccc3C#N)CC2)nc1. The zero-order chi connectivity index (χ0) is 20.8. The van der Waals surface area contributed by atoms with E-state index in [0.29, 0.717) is 29.8 Å². The van der Waals surface area contributed by atoms with E-state index in [-0.39, 0.29) is 11.8 Å². The minimum Gasteiger partial charge on any atom is -0.462 e. The third-order valence-corrected chi connectivity index (χ3v) is 4.94. The highest BCUT2D eigenvalue weighted by Crippen LogP contribution is 2.24. The predicted molar refractivity (Wildman–Crippen MR) is 110 cm³/mol. The minimum absolute atomic E-state index is 0.0157. The number of ether oxygens (including phenoxy) is 1. The number of esters is 1. The molecule has 0 radical (unpaired) electrons. The molecule has 0 spiro atoms. The van der Waals surface area contributed by atoms with Crippen molar-refractivity contribution in [1.82, 2.24) is 4.98 Å². The van der Waals surface area contributed by atoms with Crippen molar-refractivity contribution in [2.75, 3.05) is 42.6 Å². The molecule has 0 N–H and O–H groups in total. The molecule has 7 heteroatoms. The van der Waals surface area contributed by atoms with Gasteiger partial charge >= 0.3 is 5.97 Å². The number of carbonyl (C=O) groups is 2. The zero-order valence-corrected chi connectivity index (χ0v) is 16.7. The molecule has 0 amide bonds. The molecule has 1 saturated heterocycles. The molecule has 3 rings (SSSR count). The lowest BCUT2D eigenvalue weighted by molar-refractivity contribution is 0.0525. The van der Waals surface area contributed by atoms with Crippen molar-refractivity contribution < 1.29 is 14.3 Å². The van der Waals surface area contributed by atoms with Gasteiger partial charge in [-0.25, -0.2) is 9.78 Å². The van der Waals surface area contributed by atoms with Crippen LogP contribution in [0.4, 0.5) is 11.5 Å². The number of Topliss-reactive ketones (excluding diaryl/α,β-unsaturated/α-hetero) is 1. The number of benzene rings is 1. The molecule has 0 atom stereocenters. The first-order chi connectivity index (χ1) is 14.0. The highest BCUT2D eigenvalue weighted by Gasteiger charge is 2.20. The van der Waals surface area contributed by atoms with Crippen LogP contribution in [0.1, 0.15) is 46.5 Å². The average Bonchev–Trinajstić information content (AvgIpc) is 2.99. The Balaban J connectivity index is 1.74. The fourth-order valence-electron chi connectivity index (χ4n) is 3.40. The Morgan fingerprint density at radius 3 is 2.48 bits per heavy atom. The van der Waals surface area contributed by atoms with E-state index >= 15 is 0 Å². The summed E-state index contributed by atoms with van der Waals surface area (Å²) < 4.78 is 5.00. The van der Waals surface area contributed by atoms with Crippen molar-refractivity contribution in [1.29, 1.82) is 5.26 Å². The molecule has 150 valence electrons. The largest absolute Gasteiger partial charge is 0.462 e. The van der Waals surface area contributed by atoms with Crippen LogP contribution >= 0.6 is 0 Å². The number of rotatable bonds is 5. The van der Waals surface area contributed by atoms with Gasteiger partial charge in [0.25, 0.3) is 0 Å². The summed E-state index contributed by atoms with van der Waals surface area (Å²) in [6.45, 7) is 6.66. The van der Waals surface area contributed by atoms with Gasteiger partial charge in [0, 0.05) is 37.9 Å². The van der Waals surface area contributed by atoms with E-state index in [0.717, 1.165) is 37.6 Å². The number of nitrogens with zero attached hydrogens (tertiary/aromatic N) is 4. The average molecular weight is 392 g/mol. The van der Waals surface area contributed by atoms with Gasteiger partial charge in [-0.2, -0.15) is 5.26 Å². The maximum absolute atomic E-state index is 11.8. The lowest BCUT2D eigenvalue weighted by Crippen LogP contribution is -2.31. The molecule has 1 aromatic carbocycles. The van der Waals surface area contributed by atoms with Gasteiger partial charge < -0.3 is 14.5 Å². The molecule has 29 heavy (non-hydrogen) atoms. The summed E-state index contributed by atoms with van der Waals surface area (Å²) >= 11 is 0. The number of nitriles is 1. The first-order valence-corrected chi connectivity index (χ1v) is 9.71. The standard InChI is InChI=1S/C22H24N4O3/c1-3-29-22(28)19-7-8-21(24-15-19)26-10-4-9-25(11-12-26)20-13-17(16(2)27)5-6-18(20)14-23/h5-8,13,15H,3-4,9-12H2,1-2H3. The van der Waals surface area contributed by atoms with Crippen LogP contribution in [0.5, 0.6) is 0 Å². The summed E-state index contributed by atoms with van der Waals surface area (Å²) in [6.07, 6.45) is 2.43. The van der Waals surface area contributed by atoms with Crippen LogP contribution in [0.2, 0.25) is 0 Å². The van der Waals surface area contributed by atoms with Crippen LogP contribution in [-0.4, -0.2) is 49.5 Å². The van der Waals surface area contributed by atoms with Crippen molar-refractivity contribution >= 4 is 23.3 Å². The fraction of sp³-hybridized carbons (Fsp3) is 0.364.